The van der Waals surface area contributed by atoms with Gasteiger partial charge in [-0.2, -0.15) is 0 Å². The summed E-state index contributed by atoms with van der Waals surface area (Å²) in [5, 5.41) is 2.50. The van der Waals surface area contributed by atoms with Gasteiger partial charge in [0.2, 0.25) is 0 Å². The number of nitrogens with zero attached hydrogens (tertiary/aromatic N) is 3. The second-order valence-corrected chi connectivity index (χ2v) is 16.9. The Morgan fingerprint density at radius 2 is 0.806 bits per heavy atom. The molecule has 1 spiro atoms. The largest absolute Gasteiger partial charge is 0.310 e. The molecule has 0 radical (unpaired) electrons. The average Bonchev–Trinajstić information content (AvgIpc) is 4.01. The van der Waals surface area contributed by atoms with E-state index < -0.39 is 0 Å². The molecule has 0 saturated carbocycles. The fraction of sp³-hybridized carbons (Fsp3) is 0.0847. The van der Waals surface area contributed by atoms with Crippen molar-refractivity contribution in [2.24, 2.45) is 0 Å². The van der Waals surface area contributed by atoms with Crippen molar-refractivity contribution in [1.29, 1.82) is 0 Å². The van der Waals surface area contributed by atoms with Crippen LogP contribution in [0.15, 0.2) is 224 Å². The van der Waals surface area contributed by atoms with Gasteiger partial charge in [0.1, 0.15) is 0 Å². The molecule has 0 fully saturated rings. The molecule has 0 aliphatic heterocycles. The molecule has 0 unspecified atom stereocenters. The molecule has 1 atom stereocenters. The van der Waals surface area contributed by atoms with E-state index in [1.807, 2.05) is 0 Å². The molecule has 62 heavy (non-hydrogen) atoms. The topological polar surface area (TPSA) is 11.4 Å². The van der Waals surface area contributed by atoms with Gasteiger partial charge in [0.05, 0.1) is 11.0 Å². The smallest absolute Gasteiger partial charge is 0.0561 e. The maximum Gasteiger partial charge on any atom is 0.0561 e. The van der Waals surface area contributed by atoms with E-state index in [2.05, 4.69) is 239 Å². The number of aromatic nitrogens is 1. The normalized spacial score (nSPS) is 15.2. The van der Waals surface area contributed by atoms with Gasteiger partial charge in [0.25, 0.3) is 0 Å². The highest BCUT2D eigenvalue weighted by atomic mass is 15.1. The summed E-state index contributed by atoms with van der Waals surface area (Å²) >= 11 is 0. The quantitative estimate of drug-likeness (QED) is 0.152. The monoisotopic (exact) mass is 795 g/mol. The lowest BCUT2D eigenvalue weighted by Gasteiger charge is -2.31. The molecule has 1 aromatic heterocycles. The number of hydrogen-bond acceptors (Lipinski definition) is 2. The molecule has 0 N–H and O–H groups in total. The van der Waals surface area contributed by atoms with Crippen LogP contribution in [0.5, 0.6) is 0 Å². The van der Waals surface area contributed by atoms with Gasteiger partial charge in [-0.1, -0.05) is 133 Å². The number of anilines is 6. The van der Waals surface area contributed by atoms with Crippen molar-refractivity contribution in [1.82, 2.24) is 4.57 Å². The number of fused-ring (bicyclic) bond motifs is 7. The zero-order chi connectivity index (χ0) is 41.0. The second kappa shape index (κ2) is 14.8. The second-order valence-electron chi connectivity index (χ2n) is 16.9. The van der Waals surface area contributed by atoms with Gasteiger partial charge in [-0.25, -0.2) is 0 Å². The maximum atomic E-state index is 2.54. The third kappa shape index (κ3) is 5.96. The Kier molecular flexibility index (Phi) is 8.67. The fourth-order valence-corrected chi connectivity index (χ4v) is 10.7. The predicted molar refractivity (Wildman–Crippen MR) is 259 cm³/mol. The Bertz CT molecular complexity index is 3200. The molecular weight excluding hydrogens is 751 g/mol. The van der Waals surface area contributed by atoms with Crippen molar-refractivity contribution >= 4 is 55.9 Å². The Labute approximate surface area is 363 Å². The minimum atomic E-state index is -0.0586. The molecule has 0 bridgehead atoms. The SMILES string of the molecule is c1ccc(-c2cccc(N(c3ccc4c(c3)[C@]3(CCc5ccc(N(c6ccccc6)c6ccccc6)cc53)CC4)c3ccc4c5ccccc5n(-c5ccccc5)c4c3)c2)cc1. The lowest BCUT2D eigenvalue weighted by atomic mass is 9.76. The molecule has 3 heteroatoms. The van der Waals surface area contributed by atoms with Crippen molar-refractivity contribution < 1.29 is 0 Å². The Balaban J connectivity index is 1.03. The van der Waals surface area contributed by atoms with E-state index in [4.69, 9.17) is 0 Å². The van der Waals surface area contributed by atoms with E-state index in [-0.39, 0.29) is 5.41 Å². The van der Waals surface area contributed by atoms with Crippen LogP contribution in [-0.4, -0.2) is 4.57 Å². The minimum absolute atomic E-state index is 0.0586. The summed E-state index contributed by atoms with van der Waals surface area (Å²) in [5.74, 6) is 0. The number of rotatable bonds is 8. The van der Waals surface area contributed by atoms with Crippen molar-refractivity contribution in [3.8, 4) is 16.8 Å². The van der Waals surface area contributed by atoms with E-state index in [0.717, 1.165) is 54.1 Å². The number of aryl methyl sites for hydroxylation is 2. The Morgan fingerprint density at radius 3 is 1.45 bits per heavy atom. The van der Waals surface area contributed by atoms with Crippen molar-refractivity contribution in [2.45, 2.75) is 31.1 Å². The maximum absolute atomic E-state index is 2.54. The molecule has 12 rings (SSSR count). The number of benzene rings is 9. The highest BCUT2D eigenvalue weighted by molar-refractivity contribution is 6.10. The number of hydrogen-bond donors (Lipinski definition) is 0. The van der Waals surface area contributed by atoms with Crippen LogP contribution in [-0.2, 0) is 18.3 Å². The van der Waals surface area contributed by atoms with Crippen LogP contribution in [0.2, 0.25) is 0 Å². The van der Waals surface area contributed by atoms with E-state index in [9.17, 15) is 0 Å². The zero-order valence-corrected chi connectivity index (χ0v) is 34.5. The summed E-state index contributed by atoms with van der Waals surface area (Å²) in [6, 6.07) is 82.6. The first-order valence-corrected chi connectivity index (χ1v) is 21.9. The lowest BCUT2D eigenvalue weighted by Crippen LogP contribution is -2.22. The van der Waals surface area contributed by atoms with Gasteiger partial charge in [-0.05, 0) is 150 Å². The van der Waals surface area contributed by atoms with E-state index >= 15 is 0 Å². The molecule has 2 aliphatic carbocycles. The van der Waals surface area contributed by atoms with Crippen LogP contribution in [0.4, 0.5) is 34.1 Å². The van der Waals surface area contributed by atoms with Gasteiger partial charge in [-0.3, -0.25) is 0 Å². The highest BCUT2D eigenvalue weighted by Crippen LogP contribution is 2.55. The summed E-state index contributed by atoms with van der Waals surface area (Å²) in [5.41, 5.74) is 18.8. The first-order valence-electron chi connectivity index (χ1n) is 21.9. The summed E-state index contributed by atoms with van der Waals surface area (Å²) in [6.45, 7) is 0. The molecule has 10 aromatic rings. The van der Waals surface area contributed by atoms with Crippen LogP contribution in [0, 0.1) is 0 Å². The van der Waals surface area contributed by atoms with Crippen LogP contribution < -0.4 is 9.80 Å². The van der Waals surface area contributed by atoms with E-state index in [1.165, 1.54) is 66.6 Å². The van der Waals surface area contributed by atoms with Gasteiger partial charge < -0.3 is 14.4 Å². The molecule has 3 nitrogen and oxygen atoms in total. The van der Waals surface area contributed by atoms with Gasteiger partial charge in [-0.15, -0.1) is 0 Å². The molecule has 296 valence electrons. The lowest BCUT2D eigenvalue weighted by molar-refractivity contribution is 0.507. The van der Waals surface area contributed by atoms with Crippen molar-refractivity contribution in [2.75, 3.05) is 9.80 Å². The highest BCUT2D eigenvalue weighted by Gasteiger charge is 2.45. The van der Waals surface area contributed by atoms with E-state index in [0.29, 0.717) is 0 Å². The average molecular weight is 796 g/mol. The van der Waals surface area contributed by atoms with Gasteiger partial charge in [0.15, 0.2) is 0 Å². The standard InChI is InChI=1S/C59H45N3/c1-5-16-42(17-6-1)45-18-15-25-49(38-45)61(52-32-33-54-53-26-13-14-27-57(53)62(58(54)41-52)48-23-11-4-12-24-48)51-31-29-44-35-37-59(56(44)40-51)36-34-43-28-30-50(39-55(43)59)60(46-19-7-2-8-20-46)47-21-9-3-10-22-47/h1-33,38-41H,34-37H2/t59-/m1/s1. The third-order valence-corrected chi connectivity index (χ3v) is 13.5. The van der Waals surface area contributed by atoms with E-state index in [1.54, 1.807) is 0 Å². The van der Waals surface area contributed by atoms with Crippen LogP contribution in [0.1, 0.15) is 35.1 Å². The Hall–Kier alpha value is -7.62. The first-order chi connectivity index (χ1) is 30.7. The summed E-state index contributed by atoms with van der Waals surface area (Å²) < 4.78 is 2.42. The van der Waals surface area contributed by atoms with Gasteiger partial charge in [0, 0.05) is 56.0 Å². The van der Waals surface area contributed by atoms with Crippen molar-refractivity contribution in [3.05, 3.63) is 247 Å². The molecule has 0 amide bonds. The first kappa shape index (κ1) is 36.2. The summed E-state index contributed by atoms with van der Waals surface area (Å²) in [6.07, 6.45) is 4.39. The fourth-order valence-electron chi connectivity index (χ4n) is 10.7. The molecule has 0 saturated heterocycles. The minimum Gasteiger partial charge on any atom is -0.310 e. The predicted octanol–water partition coefficient (Wildman–Crippen LogP) is 15.6. The summed E-state index contributed by atoms with van der Waals surface area (Å²) in [7, 11) is 0. The zero-order valence-electron chi connectivity index (χ0n) is 34.5. The Morgan fingerprint density at radius 1 is 0.339 bits per heavy atom. The van der Waals surface area contributed by atoms with Crippen molar-refractivity contribution in [3.63, 3.8) is 0 Å². The van der Waals surface area contributed by atoms with Crippen LogP contribution >= 0.6 is 0 Å². The third-order valence-electron chi connectivity index (χ3n) is 13.5. The molecule has 2 aliphatic rings. The van der Waals surface area contributed by atoms with Crippen LogP contribution in [0.25, 0.3) is 38.6 Å². The van der Waals surface area contributed by atoms with Crippen LogP contribution in [0.3, 0.4) is 0 Å². The molecule has 9 aromatic carbocycles. The molecular formula is C59H45N3. The molecule has 1 heterocycles. The van der Waals surface area contributed by atoms with Gasteiger partial charge >= 0.3 is 0 Å². The summed E-state index contributed by atoms with van der Waals surface area (Å²) in [4.78, 5) is 4.90. The number of para-hydroxylation sites is 4.